The Labute approximate surface area is 157 Å². The van der Waals surface area contributed by atoms with Crippen LogP contribution in [0.1, 0.15) is 15.9 Å². The molecule has 0 saturated heterocycles. The summed E-state index contributed by atoms with van der Waals surface area (Å²) in [4.78, 5) is 12.6. The lowest BCUT2D eigenvalue weighted by molar-refractivity contribution is 0.102. The molecule has 0 aliphatic carbocycles. The third kappa shape index (κ3) is 4.80. The van der Waals surface area contributed by atoms with Crippen LogP contribution < -0.4 is 19.5 Å². The molecule has 0 radical (unpaired) electrons. The Hall–Kier alpha value is -2.45. The van der Waals surface area contributed by atoms with Crippen molar-refractivity contribution in [2.24, 2.45) is 0 Å². The van der Waals surface area contributed by atoms with Crippen molar-refractivity contribution in [2.75, 3.05) is 30.5 Å². The van der Waals surface area contributed by atoms with Crippen molar-refractivity contribution in [3.63, 3.8) is 0 Å². The van der Waals surface area contributed by atoms with E-state index in [2.05, 4.69) is 10.0 Å². The monoisotopic (exact) mass is 398 g/mol. The summed E-state index contributed by atoms with van der Waals surface area (Å²) in [5.41, 5.74) is 1.66. The Kier molecular flexibility index (Phi) is 5.99. The maximum absolute atomic E-state index is 12.6. The van der Waals surface area contributed by atoms with E-state index in [4.69, 9.17) is 21.1 Å². The number of nitrogens with one attached hydrogen (secondary N) is 2. The first-order chi connectivity index (χ1) is 12.1. The maximum atomic E-state index is 12.6. The number of ether oxygens (including phenoxy) is 2. The minimum absolute atomic E-state index is 0.274. The fourth-order valence-corrected chi connectivity index (χ4v) is 3.09. The largest absolute Gasteiger partial charge is 0.495 e. The first kappa shape index (κ1) is 19.9. The molecule has 140 valence electrons. The molecule has 0 aliphatic rings. The molecule has 9 heteroatoms. The molecule has 0 aromatic heterocycles. The molecule has 7 nitrogen and oxygen atoms in total. The van der Waals surface area contributed by atoms with E-state index in [9.17, 15) is 13.2 Å². The Morgan fingerprint density at radius 2 is 1.69 bits per heavy atom. The lowest BCUT2D eigenvalue weighted by Gasteiger charge is -2.14. The zero-order chi connectivity index (χ0) is 19.5. The second-order valence-corrected chi connectivity index (χ2v) is 7.70. The van der Waals surface area contributed by atoms with Crippen LogP contribution in [-0.2, 0) is 10.0 Å². The Balaban J connectivity index is 2.33. The molecule has 0 unspecified atom stereocenters. The first-order valence-corrected chi connectivity index (χ1v) is 9.73. The van der Waals surface area contributed by atoms with Crippen LogP contribution in [0, 0.1) is 6.92 Å². The molecule has 2 aromatic carbocycles. The van der Waals surface area contributed by atoms with E-state index in [0.29, 0.717) is 33.5 Å². The highest BCUT2D eigenvalue weighted by Gasteiger charge is 2.15. The van der Waals surface area contributed by atoms with Gasteiger partial charge in [0, 0.05) is 11.6 Å². The Morgan fingerprint density at radius 3 is 2.27 bits per heavy atom. The third-order valence-corrected chi connectivity index (χ3v) is 4.40. The van der Waals surface area contributed by atoms with Crippen LogP contribution in [0.3, 0.4) is 0 Å². The minimum Gasteiger partial charge on any atom is -0.495 e. The summed E-state index contributed by atoms with van der Waals surface area (Å²) in [6.07, 6.45) is 1.05. The van der Waals surface area contributed by atoms with Crippen LogP contribution in [0.25, 0.3) is 0 Å². The molecule has 0 aliphatic heterocycles. The summed E-state index contributed by atoms with van der Waals surface area (Å²) >= 11 is 6.10. The number of methoxy groups -OCH3 is 2. The number of anilines is 2. The first-order valence-electron chi connectivity index (χ1n) is 7.46. The van der Waals surface area contributed by atoms with Gasteiger partial charge in [0.25, 0.3) is 5.91 Å². The minimum atomic E-state index is -3.46. The molecule has 0 atom stereocenters. The van der Waals surface area contributed by atoms with Crippen LogP contribution >= 0.6 is 11.6 Å². The van der Waals surface area contributed by atoms with Gasteiger partial charge in [0.2, 0.25) is 10.0 Å². The number of aryl methyl sites for hydroxylation is 1. The highest BCUT2D eigenvalue weighted by atomic mass is 35.5. The third-order valence-electron chi connectivity index (χ3n) is 3.52. The predicted octanol–water partition coefficient (Wildman–Crippen LogP) is 3.29. The number of amides is 1. The van der Waals surface area contributed by atoms with Gasteiger partial charge in [-0.1, -0.05) is 17.7 Å². The number of carbonyl (C=O) groups is 1. The fourth-order valence-electron chi connectivity index (χ4n) is 2.23. The molecule has 0 fully saturated rings. The number of rotatable bonds is 6. The molecule has 1 amide bonds. The van der Waals surface area contributed by atoms with Gasteiger partial charge < -0.3 is 14.8 Å². The summed E-state index contributed by atoms with van der Waals surface area (Å²) in [5, 5.41) is 3.01. The van der Waals surface area contributed by atoms with Gasteiger partial charge in [-0.2, -0.15) is 0 Å². The van der Waals surface area contributed by atoms with Crippen LogP contribution in [0.15, 0.2) is 30.3 Å². The summed E-state index contributed by atoms with van der Waals surface area (Å²) in [6, 6.07) is 7.78. The second kappa shape index (κ2) is 7.84. The van der Waals surface area contributed by atoms with Gasteiger partial charge in [-0.15, -0.1) is 0 Å². The zero-order valence-electron chi connectivity index (χ0n) is 14.7. The molecule has 2 aromatic rings. The van der Waals surface area contributed by atoms with Gasteiger partial charge in [-0.05, 0) is 30.7 Å². The van der Waals surface area contributed by atoms with E-state index in [0.717, 1.165) is 6.26 Å². The SMILES string of the molecule is COc1cc(OC)c(NC(=O)c2ccc(C)c(NS(C)(=O)=O)c2)cc1Cl. The van der Waals surface area contributed by atoms with Crippen LogP contribution in [0.2, 0.25) is 5.02 Å². The molecule has 2 N–H and O–H groups in total. The van der Waals surface area contributed by atoms with Crippen molar-refractivity contribution in [3.05, 3.63) is 46.5 Å². The summed E-state index contributed by atoms with van der Waals surface area (Å²) < 4.78 is 35.6. The lowest BCUT2D eigenvalue weighted by Crippen LogP contribution is -2.15. The molecule has 0 bridgehead atoms. The topological polar surface area (TPSA) is 93.7 Å². The van der Waals surface area contributed by atoms with E-state index in [1.165, 1.54) is 26.4 Å². The van der Waals surface area contributed by atoms with Crippen LogP contribution in [0.4, 0.5) is 11.4 Å². The average molecular weight is 399 g/mol. The lowest BCUT2D eigenvalue weighted by atomic mass is 10.1. The van der Waals surface area contributed by atoms with Crippen LogP contribution in [0.5, 0.6) is 11.5 Å². The van der Waals surface area contributed by atoms with Gasteiger partial charge >= 0.3 is 0 Å². The van der Waals surface area contributed by atoms with Crippen molar-refractivity contribution in [2.45, 2.75) is 6.92 Å². The van der Waals surface area contributed by atoms with Gasteiger partial charge in [-0.25, -0.2) is 8.42 Å². The van der Waals surface area contributed by atoms with Crippen molar-refractivity contribution >= 4 is 38.9 Å². The summed E-state index contributed by atoms with van der Waals surface area (Å²) in [7, 11) is -0.528. The highest BCUT2D eigenvalue weighted by molar-refractivity contribution is 7.92. The fraction of sp³-hybridized carbons (Fsp3) is 0.235. The molecule has 2 rings (SSSR count). The quantitative estimate of drug-likeness (QED) is 0.778. The number of hydrogen-bond acceptors (Lipinski definition) is 5. The smallest absolute Gasteiger partial charge is 0.255 e. The maximum Gasteiger partial charge on any atom is 0.255 e. The number of benzene rings is 2. The normalized spacial score (nSPS) is 11.0. The van der Waals surface area contributed by atoms with E-state index < -0.39 is 15.9 Å². The molecular weight excluding hydrogens is 380 g/mol. The van der Waals surface area contributed by atoms with Crippen molar-refractivity contribution in [1.82, 2.24) is 0 Å². The standard InChI is InChI=1S/C17H19ClN2O5S/c1-10-5-6-11(7-13(10)20-26(4,22)23)17(21)19-14-8-12(18)15(24-2)9-16(14)25-3/h5-9,20H,1-4H3,(H,19,21). The van der Waals surface area contributed by atoms with Crippen molar-refractivity contribution in [3.8, 4) is 11.5 Å². The molecular formula is C17H19ClN2O5S. The Morgan fingerprint density at radius 1 is 1.04 bits per heavy atom. The van der Waals surface area contributed by atoms with Gasteiger partial charge in [0.05, 0.1) is 36.9 Å². The molecule has 0 heterocycles. The number of halogens is 1. The molecule has 0 saturated carbocycles. The van der Waals surface area contributed by atoms with Gasteiger partial charge in [-0.3, -0.25) is 9.52 Å². The summed E-state index contributed by atoms with van der Waals surface area (Å²) in [6.45, 7) is 1.74. The summed E-state index contributed by atoms with van der Waals surface area (Å²) in [5.74, 6) is 0.346. The highest BCUT2D eigenvalue weighted by Crippen LogP contribution is 2.36. The van der Waals surface area contributed by atoms with Gasteiger partial charge in [0.1, 0.15) is 11.5 Å². The molecule has 26 heavy (non-hydrogen) atoms. The number of carbonyl (C=O) groups excluding carboxylic acids is 1. The predicted molar refractivity (Wildman–Crippen MR) is 102 cm³/mol. The van der Waals surface area contributed by atoms with E-state index in [1.54, 1.807) is 25.1 Å². The van der Waals surface area contributed by atoms with Crippen molar-refractivity contribution < 1.29 is 22.7 Å². The van der Waals surface area contributed by atoms with E-state index in [1.807, 2.05) is 0 Å². The second-order valence-electron chi connectivity index (χ2n) is 5.55. The average Bonchev–Trinajstić information content (AvgIpc) is 2.55. The number of hydrogen-bond donors (Lipinski definition) is 2. The molecule has 0 spiro atoms. The van der Waals surface area contributed by atoms with Crippen LogP contribution in [-0.4, -0.2) is 34.8 Å². The van der Waals surface area contributed by atoms with Crippen molar-refractivity contribution in [1.29, 1.82) is 0 Å². The van der Waals surface area contributed by atoms with Gasteiger partial charge in [0.15, 0.2) is 0 Å². The number of sulfonamides is 1. The Bertz CT molecular complexity index is 944. The zero-order valence-corrected chi connectivity index (χ0v) is 16.3. The van der Waals surface area contributed by atoms with E-state index >= 15 is 0 Å². The van der Waals surface area contributed by atoms with E-state index in [-0.39, 0.29) is 5.56 Å².